The zero-order chi connectivity index (χ0) is 16.0. The van der Waals surface area contributed by atoms with E-state index in [1.165, 1.54) is 21.0 Å². The molecule has 1 aromatic carbocycles. The summed E-state index contributed by atoms with van der Waals surface area (Å²) in [6.45, 7) is 4.85. The van der Waals surface area contributed by atoms with E-state index in [9.17, 15) is 13.8 Å². The third kappa shape index (κ3) is 4.39. The Kier molecular flexibility index (Phi) is 6.08. The van der Waals surface area contributed by atoms with Crippen molar-refractivity contribution in [3.05, 3.63) is 24.3 Å². The number of esters is 1. The van der Waals surface area contributed by atoms with Crippen molar-refractivity contribution in [2.45, 2.75) is 25.7 Å². The average molecular weight is 312 g/mol. The summed E-state index contributed by atoms with van der Waals surface area (Å²) in [5, 5.41) is 0. The quantitative estimate of drug-likeness (QED) is 0.568. The van der Waals surface area contributed by atoms with E-state index in [2.05, 4.69) is 0 Å². The predicted molar refractivity (Wildman–Crippen MR) is 79.7 cm³/mol. The van der Waals surface area contributed by atoms with E-state index in [1.807, 2.05) is 0 Å². The molecule has 0 N–H and O–H groups in total. The fourth-order valence-electron chi connectivity index (χ4n) is 1.54. The summed E-state index contributed by atoms with van der Waals surface area (Å²) < 4.78 is 22.1. The van der Waals surface area contributed by atoms with Crippen molar-refractivity contribution in [1.82, 2.24) is 0 Å². The first kappa shape index (κ1) is 17.4. The van der Waals surface area contributed by atoms with Crippen LogP contribution in [0.1, 0.15) is 20.8 Å². The van der Waals surface area contributed by atoms with Gasteiger partial charge in [-0.3, -0.25) is 13.8 Å². The van der Waals surface area contributed by atoms with E-state index in [1.54, 1.807) is 31.2 Å². The van der Waals surface area contributed by atoms with Gasteiger partial charge in [-0.05, 0) is 45.0 Å². The van der Waals surface area contributed by atoms with Crippen LogP contribution in [0.4, 0.5) is 0 Å². The summed E-state index contributed by atoms with van der Waals surface area (Å²) in [6, 6.07) is 6.63. The Morgan fingerprint density at radius 2 is 1.76 bits per heavy atom. The van der Waals surface area contributed by atoms with Crippen molar-refractivity contribution in [2.24, 2.45) is 5.41 Å². The van der Waals surface area contributed by atoms with Crippen molar-refractivity contribution in [2.75, 3.05) is 19.5 Å². The van der Waals surface area contributed by atoms with Crippen molar-refractivity contribution in [1.29, 1.82) is 0 Å². The molecule has 0 aliphatic carbocycles. The number of Topliss-reactive ketones (excluding diaryl/α,β-unsaturated/α-hetero) is 1. The summed E-state index contributed by atoms with van der Waals surface area (Å²) in [7, 11) is 0.0355. The van der Waals surface area contributed by atoms with Crippen LogP contribution in [0.15, 0.2) is 29.2 Å². The second-order valence-corrected chi connectivity index (χ2v) is 6.39. The molecule has 1 aromatic rings. The van der Waals surface area contributed by atoms with E-state index in [0.717, 1.165) is 0 Å². The smallest absolute Gasteiger partial charge is 0.319 e. The monoisotopic (exact) mass is 312 g/mol. The number of ketones is 1. The Morgan fingerprint density at radius 3 is 2.24 bits per heavy atom. The lowest BCUT2D eigenvalue weighted by molar-refractivity contribution is -0.157. The van der Waals surface area contributed by atoms with Crippen LogP contribution < -0.4 is 4.74 Å². The van der Waals surface area contributed by atoms with Crippen LogP contribution in [0.3, 0.4) is 0 Å². The summed E-state index contributed by atoms with van der Waals surface area (Å²) in [5.41, 5.74) is -1.29. The van der Waals surface area contributed by atoms with Crippen LogP contribution in [0.5, 0.6) is 5.75 Å². The zero-order valence-corrected chi connectivity index (χ0v) is 13.5. The number of carbonyl (C=O) groups is 2. The predicted octanol–water partition coefficient (Wildman–Crippen LogP) is 1.96. The standard InChI is InChI=1S/C15H20O5S/c1-5-20-14(17)15(2,3)13(16)10-21(18)12-8-6-11(19-4)7-9-12/h6-9H,5,10H2,1-4H3. The van der Waals surface area contributed by atoms with Gasteiger partial charge >= 0.3 is 5.97 Å². The fraction of sp³-hybridized carbons (Fsp3) is 0.467. The van der Waals surface area contributed by atoms with Gasteiger partial charge in [0.25, 0.3) is 0 Å². The van der Waals surface area contributed by atoms with Crippen LogP contribution in [-0.4, -0.2) is 35.4 Å². The topological polar surface area (TPSA) is 69.7 Å². The second kappa shape index (κ2) is 7.36. The van der Waals surface area contributed by atoms with Crippen molar-refractivity contribution in [3.63, 3.8) is 0 Å². The molecule has 0 fully saturated rings. The molecule has 5 nitrogen and oxygen atoms in total. The lowest BCUT2D eigenvalue weighted by Crippen LogP contribution is -2.37. The van der Waals surface area contributed by atoms with Crippen LogP contribution in [0.2, 0.25) is 0 Å². The SMILES string of the molecule is CCOC(=O)C(C)(C)C(=O)CS(=O)c1ccc(OC)cc1. The van der Waals surface area contributed by atoms with Gasteiger partial charge in [0.05, 0.1) is 30.3 Å². The van der Waals surface area contributed by atoms with Crippen LogP contribution in [0, 0.1) is 5.41 Å². The molecule has 6 heteroatoms. The minimum atomic E-state index is -1.50. The van der Waals surface area contributed by atoms with Gasteiger partial charge in [-0.2, -0.15) is 0 Å². The number of rotatable bonds is 7. The first-order valence-corrected chi connectivity index (χ1v) is 7.87. The van der Waals surface area contributed by atoms with Crippen molar-refractivity contribution >= 4 is 22.6 Å². The van der Waals surface area contributed by atoms with Gasteiger partial charge < -0.3 is 9.47 Å². The Morgan fingerprint density at radius 1 is 1.19 bits per heavy atom. The van der Waals surface area contributed by atoms with Gasteiger partial charge in [-0.25, -0.2) is 0 Å². The third-order valence-electron chi connectivity index (χ3n) is 3.07. The summed E-state index contributed by atoms with van der Waals surface area (Å²) in [4.78, 5) is 24.4. The minimum Gasteiger partial charge on any atom is -0.497 e. The fourth-order valence-corrected chi connectivity index (χ4v) is 2.74. The summed E-state index contributed by atoms with van der Waals surface area (Å²) in [5.74, 6) is -0.580. The van der Waals surface area contributed by atoms with Gasteiger partial charge in [0, 0.05) is 4.90 Å². The Hall–Kier alpha value is -1.69. The maximum atomic E-state index is 12.2. The average Bonchev–Trinajstić information content (AvgIpc) is 2.47. The normalized spacial score (nSPS) is 12.6. The van der Waals surface area contributed by atoms with E-state index in [4.69, 9.17) is 9.47 Å². The molecular formula is C15H20O5S. The van der Waals surface area contributed by atoms with Crippen molar-refractivity contribution in [3.8, 4) is 5.75 Å². The molecular weight excluding hydrogens is 292 g/mol. The van der Waals surface area contributed by atoms with E-state index < -0.39 is 28.0 Å². The molecule has 1 unspecified atom stereocenters. The Balaban J connectivity index is 2.77. The van der Waals surface area contributed by atoms with Crippen LogP contribution >= 0.6 is 0 Å². The minimum absolute atomic E-state index is 0.205. The maximum Gasteiger partial charge on any atom is 0.319 e. The highest BCUT2D eigenvalue weighted by Gasteiger charge is 2.37. The molecule has 116 valence electrons. The molecule has 1 rings (SSSR count). The highest BCUT2D eigenvalue weighted by molar-refractivity contribution is 7.85. The first-order chi connectivity index (χ1) is 9.82. The molecule has 0 heterocycles. The molecule has 21 heavy (non-hydrogen) atoms. The number of carbonyl (C=O) groups excluding carboxylic acids is 2. The van der Waals surface area contributed by atoms with E-state index >= 15 is 0 Å². The maximum absolute atomic E-state index is 12.2. The van der Waals surface area contributed by atoms with Gasteiger partial charge in [0.15, 0.2) is 5.78 Å². The molecule has 1 atom stereocenters. The molecule has 0 bridgehead atoms. The van der Waals surface area contributed by atoms with Crippen molar-refractivity contribution < 1.29 is 23.3 Å². The molecule has 0 aromatic heterocycles. The molecule has 0 aliphatic heterocycles. The lowest BCUT2D eigenvalue weighted by Gasteiger charge is -2.20. The summed E-state index contributed by atoms with van der Waals surface area (Å²) >= 11 is 0. The third-order valence-corrected chi connectivity index (χ3v) is 4.39. The lowest BCUT2D eigenvalue weighted by atomic mass is 9.89. The molecule has 0 aliphatic rings. The zero-order valence-electron chi connectivity index (χ0n) is 12.7. The number of hydrogen-bond donors (Lipinski definition) is 0. The molecule has 0 saturated heterocycles. The highest BCUT2D eigenvalue weighted by atomic mass is 32.2. The number of benzene rings is 1. The van der Waals surface area contributed by atoms with Crippen LogP contribution in [0.25, 0.3) is 0 Å². The Labute approximate surface area is 127 Å². The first-order valence-electron chi connectivity index (χ1n) is 6.55. The number of methoxy groups -OCH3 is 1. The number of hydrogen-bond acceptors (Lipinski definition) is 5. The largest absolute Gasteiger partial charge is 0.497 e. The van der Waals surface area contributed by atoms with Gasteiger partial charge in [-0.15, -0.1) is 0 Å². The molecule has 0 spiro atoms. The van der Waals surface area contributed by atoms with Gasteiger partial charge in [0.2, 0.25) is 0 Å². The van der Waals surface area contributed by atoms with E-state index in [-0.39, 0.29) is 12.4 Å². The molecule has 0 saturated carbocycles. The highest BCUT2D eigenvalue weighted by Crippen LogP contribution is 2.21. The van der Waals surface area contributed by atoms with E-state index in [0.29, 0.717) is 10.6 Å². The molecule has 0 amide bonds. The van der Waals surface area contributed by atoms with Gasteiger partial charge in [0.1, 0.15) is 11.2 Å². The number of ether oxygens (including phenoxy) is 2. The van der Waals surface area contributed by atoms with Gasteiger partial charge in [-0.1, -0.05) is 0 Å². The van der Waals surface area contributed by atoms with Crippen LogP contribution in [-0.2, 0) is 25.1 Å². The Bertz CT molecular complexity index is 533. The second-order valence-electron chi connectivity index (χ2n) is 4.93. The summed E-state index contributed by atoms with van der Waals surface area (Å²) in [6.07, 6.45) is 0. The molecule has 0 radical (unpaired) electrons.